The number of thiophene rings is 1. The normalized spacial score (nSPS) is 22.2. The quantitative estimate of drug-likeness (QED) is 0.780. The smallest absolute Gasteiger partial charge is 0.127 e. The molecular weight excluding hydrogens is 356 g/mol. The van der Waals surface area contributed by atoms with E-state index < -0.39 is 0 Å². The summed E-state index contributed by atoms with van der Waals surface area (Å²) in [6.07, 6.45) is 4.57. The van der Waals surface area contributed by atoms with Gasteiger partial charge in [-0.3, -0.25) is 0 Å². The highest BCUT2D eigenvalue weighted by Crippen LogP contribution is 2.21. The molecule has 2 aromatic rings. The molecule has 1 aliphatic heterocycles. The minimum Gasteiger partial charge on any atom is -0.322 e. The first-order valence-corrected chi connectivity index (χ1v) is 9.53. The fourth-order valence-corrected chi connectivity index (χ4v) is 4.51. The maximum atomic E-state index is 3.55. The van der Waals surface area contributed by atoms with Crippen LogP contribution in [0.5, 0.6) is 0 Å². The summed E-state index contributed by atoms with van der Waals surface area (Å²) in [5.74, 6) is 0. The molecule has 0 atom stereocenters. The number of quaternary nitrogens is 2. The van der Waals surface area contributed by atoms with E-state index in [9.17, 15) is 0 Å². The van der Waals surface area contributed by atoms with E-state index >= 15 is 0 Å². The van der Waals surface area contributed by atoms with Crippen molar-refractivity contribution in [2.75, 3.05) is 32.7 Å². The number of rotatable bonds is 5. The molecule has 0 saturated carbocycles. The third-order valence-electron chi connectivity index (χ3n) is 4.23. The molecule has 0 aliphatic carbocycles. The third-order valence-corrected chi connectivity index (χ3v) is 5.86. The Kier molecular flexibility index (Phi) is 5.84. The molecular formula is C18H23BrN2S+2. The van der Waals surface area contributed by atoms with Crippen molar-refractivity contribution in [2.45, 2.75) is 6.54 Å². The number of nitrogens with one attached hydrogen (secondary N) is 2. The molecule has 4 heteroatoms. The summed E-state index contributed by atoms with van der Waals surface area (Å²) in [4.78, 5) is 4.93. The first kappa shape index (κ1) is 15.9. The molecule has 1 fully saturated rings. The summed E-state index contributed by atoms with van der Waals surface area (Å²) >= 11 is 5.42. The lowest BCUT2D eigenvalue weighted by Crippen LogP contribution is -3.27. The summed E-state index contributed by atoms with van der Waals surface area (Å²) in [7, 11) is 0. The summed E-state index contributed by atoms with van der Waals surface area (Å²) in [6, 6.07) is 15.0. The zero-order valence-electron chi connectivity index (χ0n) is 12.7. The zero-order chi connectivity index (χ0) is 15.2. The molecule has 2 N–H and O–H groups in total. The lowest BCUT2D eigenvalue weighted by Gasteiger charge is -2.28. The minimum absolute atomic E-state index is 1.15. The second-order valence-corrected chi connectivity index (χ2v) is 8.45. The van der Waals surface area contributed by atoms with Crippen molar-refractivity contribution in [3.05, 3.63) is 62.8 Å². The second-order valence-electron chi connectivity index (χ2n) is 5.90. The van der Waals surface area contributed by atoms with E-state index in [2.05, 4.69) is 70.5 Å². The Balaban J connectivity index is 1.41. The Hall–Kier alpha value is -0.940. The number of hydrogen-bond donors (Lipinski definition) is 2. The van der Waals surface area contributed by atoms with Gasteiger partial charge < -0.3 is 9.80 Å². The Labute approximate surface area is 145 Å². The Bertz CT molecular complexity index is 601. The van der Waals surface area contributed by atoms with Crippen LogP contribution in [0.15, 0.2) is 52.3 Å². The summed E-state index contributed by atoms with van der Waals surface area (Å²) in [5.41, 5.74) is 1.30. The van der Waals surface area contributed by atoms with Crippen molar-refractivity contribution >= 4 is 33.3 Å². The van der Waals surface area contributed by atoms with Crippen LogP contribution in [0.1, 0.15) is 10.4 Å². The van der Waals surface area contributed by atoms with Gasteiger partial charge >= 0.3 is 0 Å². The Morgan fingerprint density at radius 2 is 1.68 bits per heavy atom. The van der Waals surface area contributed by atoms with Gasteiger partial charge in [-0.15, -0.1) is 11.3 Å². The van der Waals surface area contributed by atoms with E-state index in [0.29, 0.717) is 0 Å². The van der Waals surface area contributed by atoms with Gasteiger partial charge in [0.15, 0.2) is 0 Å². The molecule has 0 unspecified atom stereocenters. The molecule has 0 amide bonds. The molecule has 116 valence electrons. The average Bonchev–Trinajstić information content (AvgIpc) is 2.95. The van der Waals surface area contributed by atoms with Crippen molar-refractivity contribution in [3.8, 4) is 0 Å². The van der Waals surface area contributed by atoms with Crippen LogP contribution in [0.4, 0.5) is 0 Å². The summed E-state index contributed by atoms with van der Waals surface area (Å²) in [6.45, 7) is 7.45. The SMILES string of the molecule is Brc1ccc(C[NH+]2CC[NH+](C/C=C/c3ccccc3)CC2)s1. The fourth-order valence-electron chi connectivity index (χ4n) is 2.96. The maximum absolute atomic E-state index is 3.55. The van der Waals surface area contributed by atoms with Crippen LogP contribution in [-0.2, 0) is 6.54 Å². The average molecular weight is 379 g/mol. The van der Waals surface area contributed by atoms with Gasteiger partial charge in [-0.2, -0.15) is 0 Å². The van der Waals surface area contributed by atoms with E-state index in [0.717, 1.165) is 6.54 Å². The van der Waals surface area contributed by atoms with Crippen LogP contribution in [0.2, 0.25) is 0 Å². The largest absolute Gasteiger partial charge is 0.322 e. The van der Waals surface area contributed by atoms with E-state index in [4.69, 9.17) is 0 Å². The lowest BCUT2D eigenvalue weighted by molar-refractivity contribution is -1.02. The van der Waals surface area contributed by atoms with Crippen molar-refractivity contribution in [1.29, 1.82) is 0 Å². The molecule has 22 heavy (non-hydrogen) atoms. The van der Waals surface area contributed by atoms with Crippen LogP contribution >= 0.6 is 27.3 Å². The van der Waals surface area contributed by atoms with Crippen molar-refractivity contribution in [1.82, 2.24) is 0 Å². The van der Waals surface area contributed by atoms with E-state index in [1.165, 1.54) is 47.0 Å². The Morgan fingerprint density at radius 1 is 0.955 bits per heavy atom. The first-order chi connectivity index (χ1) is 10.8. The van der Waals surface area contributed by atoms with Gasteiger partial charge in [0, 0.05) is 0 Å². The predicted molar refractivity (Wildman–Crippen MR) is 97.5 cm³/mol. The van der Waals surface area contributed by atoms with Gasteiger partial charge in [-0.1, -0.05) is 36.4 Å². The van der Waals surface area contributed by atoms with E-state index in [1.807, 2.05) is 11.3 Å². The van der Waals surface area contributed by atoms with Crippen LogP contribution in [-0.4, -0.2) is 32.7 Å². The molecule has 1 aliphatic rings. The number of benzene rings is 1. The standard InChI is InChI=1S/C18H21BrN2S/c19-18-9-8-17(22-18)15-21-13-11-20(12-14-21)10-4-7-16-5-2-1-3-6-16/h1-9H,10-15H2/p+2/b7-4+. The highest BCUT2D eigenvalue weighted by Gasteiger charge is 2.22. The first-order valence-electron chi connectivity index (χ1n) is 7.92. The number of hydrogen-bond acceptors (Lipinski definition) is 1. The van der Waals surface area contributed by atoms with Gasteiger partial charge in [0.2, 0.25) is 0 Å². The zero-order valence-corrected chi connectivity index (χ0v) is 15.1. The predicted octanol–water partition coefficient (Wildman–Crippen LogP) is 1.51. The van der Waals surface area contributed by atoms with Gasteiger partial charge in [0.05, 0.1) is 15.2 Å². The molecule has 1 saturated heterocycles. The number of piperazine rings is 1. The third kappa shape index (κ3) is 4.78. The molecule has 2 nitrogen and oxygen atoms in total. The molecule has 0 bridgehead atoms. The van der Waals surface area contributed by atoms with Gasteiger partial charge in [0.25, 0.3) is 0 Å². The number of halogens is 1. The van der Waals surface area contributed by atoms with Gasteiger partial charge in [-0.05, 0) is 39.7 Å². The van der Waals surface area contributed by atoms with Gasteiger partial charge in [-0.25, -0.2) is 0 Å². The Morgan fingerprint density at radius 3 is 2.36 bits per heavy atom. The van der Waals surface area contributed by atoms with Crippen LogP contribution in [0.25, 0.3) is 6.08 Å². The molecule has 1 aromatic carbocycles. The van der Waals surface area contributed by atoms with E-state index in [1.54, 1.807) is 9.80 Å². The summed E-state index contributed by atoms with van der Waals surface area (Å²) < 4.78 is 1.25. The molecule has 2 heterocycles. The van der Waals surface area contributed by atoms with E-state index in [-0.39, 0.29) is 0 Å². The molecule has 0 spiro atoms. The summed E-state index contributed by atoms with van der Waals surface area (Å²) in [5, 5.41) is 0. The highest BCUT2D eigenvalue weighted by molar-refractivity contribution is 9.11. The fraction of sp³-hybridized carbons (Fsp3) is 0.333. The van der Waals surface area contributed by atoms with Crippen molar-refractivity contribution in [3.63, 3.8) is 0 Å². The second kappa shape index (κ2) is 8.06. The maximum Gasteiger partial charge on any atom is 0.127 e. The lowest BCUT2D eigenvalue weighted by atomic mass is 10.2. The van der Waals surface area contributed by atoms with Crippen LogP contribution < -0.4 is 9.80 Å². The monoisotopic (exact) mass is 378 g/mol. The van der Waals surface area contributed by atoms with Gasteiger partial charge in [0.1, 0.15) is 32.7 Å². The molecule has 0 radical (unpaired) electrons. The van der Waals surface area contributed by atoms with Crippen molar-refractivity contribution in [2.24, 2.45) is 0 Å². The van der Waals surface area contributed by atoms with Crippen LogP contribution in [0, 0.1) is 0 Å². The topological polar surface area (TPSA) is 8.88 Å². The molecule has 1 aromatic heterocycles. The minimum atomic E-state index is 1.15. The highest BCUT2D eigenvalue weighted by atomic mass is 79.9. The van der Waals surface area contributed by atoms with Crippen molar-refractivity contribution < 1.29 is 9.80 Å². The molecule has 3 rings (SSSR count). The van der Waals surface area contributed by atoms with Crippen LogP contribution in [0.3, 0.4) is 0 Å².